The third-order valence-electron chi connectivity index (χ3n) is 4.06. The van der Waals surface area contributed by atoms with E-state index in [2.05, 4.69) is 53.3 Å². The minimum atomic E-state index is 0.0786. The number of aromatic nitrogens is 3. The summed E-state index contributed by atoms with van der Waals surface area (Å²) in [6.07, 6.45) is 1.57. The summed E-state index contributed by atoms with van der Waals surface area (Å²) < 4.78 is 16.2. The molecule has 134 valence electrons. The van der Waals surface area contributed by atoms with Crippen LogP contribution in [0.25, 0.3) is 22.7 Å². The van der Waals surface area contributed by atoms with E-state index in [0.29, 0.717) is 36.5 Å². The molecule has 0 radical (unpaired) electrons. The predicted octanol–water partition coefficient (Wildman–Crippen LogP) is 4.06. The maximum Gasteiger partial charge on any atom is 0.241 e. The Hall–Kier alpha value is -2.93. The van der Waals surface area contributed by atoms with Crippen LogP contribution < -0.4 is 5.32 Å². The number of benzene rings is 1. The Morgan fingerprint density at radius 1 is 1.04 bits per heavy atom. The van der Waals surface area contributed by atoms with E-state index in [-0.39, 0.29) is 5.41 Å². The van der Waals surface area contributed by atoms with Gasteiger partial charge in [-0.1, -0.05) is 32.0 Å². The normalized spacial score (nSPS) is 12.1. The largest absolute Gasteiger partial charge is 0.461 e. The zero-order chi connectivity index (χ0) is 18.1. The SMILES string of the molecule is CC(C)(C)c1ccc2oc(CNCc3nc(-c4ccco4)no3)nc2c1. The summed E-state index contributed by atoms with van der Waals surface area (Å²) in [5, 5.41) is 7.09. The number of oxazole rings is 1. The fraction of sp³-hybridized carbons (Fsp3) is 0.316. The lowest BCUT2D eigenvalue weighted by Crippen LogP contribution is -2.13. The van der Waals surface area contributed by atoms with Crippen molar-refractivity contribution in [2.75, 3.05) is 0 Å². The summed E-state index contributed by atoms with van der Waals surface area (Å²) >= 11 is 0. The Labute approximate surface area is 150 Å². The molecule has 4 rings (SSSR count). The second-order valence-corrected chi connectivity index (χ2v) is 7.13. The van der Waals surface area contributed by atoms with Crippen molar-refractivity contribution in [3.8, 4) is 11.6 Å². The van der Waals surface area contributed by atoms with E-state index in [0.717, 1.165) is 11.1 Å². The number of nitrogens with one attached hydrogen (secondary N) is 1. The van der Waals surface area contributed by atoms with Crippen molar-refractivity contribution >= 4 is 11.1 Å². The van der Waals surface area contributed by atoms with Crippen molar-refractivity contribution in [2.45, 2.75) is 39.3 Å². The average Bonchev–Trinajstić information content (AvgIpc) is 3.33. The fourth-order valence-corrected chi connectivity index (χ4v) is 2.63. The van der Waals surface area contributed by atoms with Crippen LogP contribution in [0.5, 0.6) is 0 Å². The van der Waals surface area contributed by atoms with Crippen LogP contribution in [0.3, 0.4) is 0 Å². The van der Waals surface area contributed by atoms with Gasteiger partial charge in [0.05, 0.1) is 19.4 Å². The first-order valence-electron chi connectivity index (χ1n) is 8.46. The summed E-state index contributed by atoms with van der Waals surface area (Å²) in [5.74, 6) is 2.11. The Morgan fingerprint density at radius 2 is 1.88 bits per heavy atom. The van der Waals surface area contributed by atoms with Crippen molar-refractivity contribution in [3.63, 3.8) is 0 Å². The molecule has 0 aliphatic carbocycles. The number of nitrogens with zero attached hydrogens (tertiary/aromatic N) is 3. The summed E-state index contributed by atoms with van der Waals surface area (Å²) in [4.78, 5) is 8.83. The van der Waals surface area contributed by atoms with E-state index in [1.807, 2.05) is 6.07 Å². The van der Waals surface area contributed by atoms with Crippen molar-refractivity contribution in [1.82, 2.24) is 20.4 Å². The van der Waals surface area contributed by atoms with Crippen molar-refractivity contribution in [2.24, 2.45) is 0 Å². The molecule has 4 aromatic rings. The standard InChI is InChI=1S/C19H20N4O3/c1-19(2,3)12-6-7-14-13(9-12)21-16(25-14)10-20-11-17-22-18(23-26-17)15-5-4-8-24-15/h4-9,20H,10-11H2,1-3H3. The van der Waals surface area contributed by atoms with Crippen molar-refractivity contribution in [1.29, 1.82) is 0 Å². The molecule has 3 aromatic heterocycles. The Morgan fingerprint density at radius 3 is 2.65 bits per heavy atom. The van der Waals surface area contributed by atoms with E-state index >= 15 is 0 Å². The van der Waals surface area contributed by atoms with Crippen molar-refractivity contribution < 1.29 is 13.4 Å². The second-order valence-electron chi connectivity index (χ2n) is 7.13. The first-order chi connectivity index (χ1) is 12.5. The summed E-state index contributed by atoms with van der Waals surface area (Å²) in [7, 11) is 0. The van der Waals surface area contributed by atoms with Crippen molar-refractivity contribution in [3.05, 3.63) is 53.9 Å². The Kier molecular flexibility index (Phi) is 4.08. The van der Waals surface area contributed by atoms with E-state index in [9.17, 15) is 0 Å². The van der Waals surface area contributed by atoms with Crippen LogP contribution >= 0.6 is 0 Å². The molecule has 0 bridgehead atoms. The molecule has 0 unspecified atom stereocenters. The van der Waals surface area contributed by atoms with Crippen LogP contribution in [0.15, 0.2) is 50.0 Å². The summed E-state index contributed by atoms with van der Waals surface area (Å²) in [6, 6.07) is 9.70. The molecular weight excluding hydrogens is 332 g/mol. The summed E-state index contributed by atoms with van der Waals surface area (Å²) in [5.41, 5.74) is 2.96. The van der Waals surface area contributed by atoms with Gasteiger partial charge in [0.1, 0.15) is 5.52 Å². The Balaban J connectivity index is 1.40. The highest BCUT2D eigenvalue weighted by molar-refractivity contribution is 5.73. The minimum absolute atomic E-state index is 0.0786. The van der Waals surface area contributed by atoms with Gasteiger partial charge in [-0.3, -0.25) is 5.32 Å². The zero-order valence-electron chi connectivity index (χ0n) is 14.9. The monoisotopic (exact) mass is 352 g/mol. The topological polar surface area (TPSA) is 90.1 Å². The third-order valence-corrected chi connectivity index (χ3v) is 4.06. The molecule has 0 fully saturated rings. The van der Waals surface area contributed by atoms with Crippen LogP contribution in [0, 0.1) is 0 Å². The molecule has 0 saturated heterocycles. The number of rotatable bonds is 5. The molecule has 0 aliphatic rings. The quantitative estimate of drug-likeness (QED) is 0.579. The van der Waals surface area contributed by atoms with Gasteiger partial charge in [-0.15, -0.1) is 0 Å². The lowest BCUT2D eigenvalue weighted by Gasteiger charge is -2.18. The van der Waals surface area contributed by atoms with Crippen LogP contribution in [0.1, 0.15) is 38.1 Å². The van der Waals surface area contributed by atoms with E-state index in [1.54, 1.807) is 18.4 Å². The molecule has 7 heteroatoms. The van der Waals surface area contributed by atoms with Gasteiger partial charge in [-0.25, -0.2) is 4.98 Å². The molecule has 0 spiro atoms. The molecule has 1 aromatic carbocycles. The van der Waals surface area contributed by atoms with Gasteiger partial charge >= 0.3 is 0 Å². The molecule has 7 nitrogen and oxygen atoms in total. The number of hydrogen-bond donors (Lipinski definition) is 1. The molecule has 26 heavy (non-hydrogen) atoms. The molecular formula is C19H20N4O3. The van der Waals surface area contributed by atoms with Crippen LogP contribution in [-0.4, -0.2) is 15.1 Å². The summed E-state index contributed by atoms with van der Waals surface area (Å²) in [6.45, 7) is 7.42. The average molecular weight is 352 g/mol. The van der Waals surface area contributed by atoms with E-state index in [1.165, 1.54) is 5.56 Å². The highest BCUT2D eigenvalue weighted by atomic mass is 16.5. The van der Waals surface area contributed by atoms with Gasteiger partial charge in [0.15, 0.2) is 11.3 Å². The first kappa shape index (κ1) is 16.5. The molecule has 0 atom stereocenters. The van der Waals surface area contributed by atoms with Crippen LogP contribution in [-0.2, 0) is 18.5 Å². The van der Waals surface area contributed by atoms with Gasteiger partial charge in [0.2, 0.25) is 17.6 Å². The second kappa shape index (κ2) is 6.42. The third kappa shape index (κ3) is 3.39. The van der Waals surface area contributed by atoms with Crippen LogP contribution in [0.4, 0.5) is 0 Å². The molecule has 1 N–H and O–H groups in total. The number of furan rings is 1. The highest BCUT2D eigenvalue weighted by Crippen LogP contribution is 2.26. The van der Waals surface area contributed by atoms with Gasteiger partial charge in [0.25, 0.3) is 0 Å². The molecule has 3 heterocycles. The highest BCUT2D eigenvalue weighted by Gasteiger charge is 2.16. The Bertz CT molecular complexity index is 1010. The van der Waals surface area contributed by atoms with Gasteiger partial charge in [0, 0.05) is 0 Å². The van der Waals surface area contributed by atoms with E-state index < -0.39 is 0 Å². The number of hydrogen-bond acceptors (Lipinski definition) is 7. The lowest BCUT2D eigenvalue weighted by atomic mass is 9.87. The van der Waals surface area contributed by atoms with Gasteiger partial charge < -0.3 is 13.4 Å². The molecule has 0 saturated carbocycles. The first-order valence-corrected chi connectivity index (χ1v) is 8.46. The van der Waals surface area contributed by atoms with Gasteiger partial charge in [-0.2, -0.15) is 4.98 Å². The van der Waals surface area contributed by atoms with Crippen LogP contribution in [0.2, 0.25) is 0 Å². The fourth-order valence-electron chi connectivity index (χ4n) is 2.63. The minimum Gasteiger partial charge on any atom is -0.461 e. The van der Waals surface area contributed by atoms with Gasteiger partial charge in [-0.05, 0) is 35.2 Å². The zero-order valence-corrected chi connectivity index (χ0v) is 14.9. The lowest BCUT2D eigenvalue weighted by molar-refractivity contribution is 0.362. The molecule has 0 amide bonds. The predicted molar refractivity (Wildman–Crippen MR) is 95.3 cm³/mol. The maximum absolute atomic E-state index is 5.78. The smallest absolute Gasteiger partial charge is 0.241 e. The van der Waals surface area contributed by atoms with E-state index in [4.69, 9.17) is 13.4 Å². The maximum atomic E-state index is 5.78. The number of fused-ring (bicyclic) bond motifs is 1. The molecule has 0 aliphatic heterocycles.